The highest BCUT2D eigenvalue weighted by molar-refractivity contribution is 5.59. The molecule has 0 bridgehead atoms. The third kappa shape index (κ3) is 2.25. The zero-order valence-electron chi connectivity index (χ0n) is 10.7. The number of nitrogens with one attached hydrogen (secondary N) is 1. The maximum absolute atomic E-state index is 8.80. The van der Waals surface area contributed by atoms with Gasteiger partial charge in [-0.05, 0) is 42.3 Å². The molecule has 3 rings (SSSR count). The molecule has 0 spiro atoms. The van der Waals surface area contributed by atoms with E-state index < -0.39 is 0 Å². The Balaban J connectivity index is 1.85. The number of nitrogens with zero attached hydrogens (tertiary/aromatic N) is 1. The molecular weight excluding hydrogens is 236 g/mol. The minimum atomic E-state index is -0.0112. The number of benzene rings is 2. The summed E-state index contributed by atoms with van der Waals surface area (Å²) in [5.74, 6) is 0.881. The molecule has 0 aliphatic carbocycles. The lowest BCUT2D eigenvalue weighted by molar-refractivity contribution is 0.210. The predicted molar refractivity (Wildman–Crippen MR) is 74.2 cm³/mol. The summed E-state index contributed by atoms with van der Waals surface area (Å²) >= 11 is 0. The van der Waals surface area contributed by atoms with Crippen molar-refractivity contribution in [2.45, 2.75) is 13.0 Å². The zero-order valence-corrected chi connectivity index (χ0v) is 10.7. The Kier molecular flexibility index (Phi) is 2.85. The molecule has 0 amide bonds. The first-order valence-corrected chi connectivity index (χ1v) is 6.27. The van der Waals surface area contributed by atoms with Gasteiger partial charge < -0.3 is 10.1 Å². The molecule has 0 saturated heterocycles. The van der Waals surface area contributed by atoms with Crippen LogP contribution in [0, 0.1) is 18.3 Å². The van der Waals surface area contributed by atoms with Crippen LogP contribution in [0.25, 0.3) is 0 Å². The van der Waals surface area contributed by atoms with E-state index in [-0.39, 0.29) is 6.10 Å². The van der Waals surface area contributed by atoms with Crippen molar-refractivity contribution in [2.75, 3.05) is 11.9 Å². The SMILES string of the molecule is Cc1ccc2c(c1)NCC(c1ccc(C#N)cc1)O2. The van der Waals surface area contributed by atoms with Crippen LogP contribution in [0.1, 0.15) is 22.8 Å². The molecule has 1 atom stereocenters. The van der Waals surface area contributed by atoms with Crippen LogP contribution in [0.2, 0.25) is 0 Å². The first kappa shape index (κ1) is 11.6. The largest absolute Gasteiger partial charge is 0.482 e. The number of anilines is 1. The lowest BCUT2D eigenvalue weighted by Crippen LogP contribution is -2.23. The Bertz CT molecular complexity index is 641. The van der Waals surface area contributed by atoms with E-state index in [4.69, 9.17) is 10.00 Å². The summed E-state index contributed by atoms with van der Waals surface area (Å²) in [4.78, 5) is 0. The highest BCUT2D eigenvalue weighted by Gasteiger charge is 2.20. The van der Waals surface area contributed by atoms with E-state index in [1.54, 1.807) is 0 Å². The molecule has 2 aromatic carbocycles. The highest BCUT2D eigenvalue weighted by Crippen LogP contribution is 2.34. The van der Waals surface area contributed by atoms with Crippen LogP contribution < -0.4 is 10.1 Å². The van der Waals surface area contributed by atoms with Gasteiger partial charge in [-0.3, -0.25) is 0 Å². The van der Waals surface area contributed by atoms with Crippen LogP contribution >= 0.6 is 0 Å². The molecule has 19 heavy (non-hydrogen) atoms. The van der Waals surface area contributed by atoms with Gasteiger partial charge in [0.2, 0.25) is 0 Å². The average Bonchev–Trinajstić information content (AvgIpc) is 2.47. The molecule has 1 aliphatic heterocycles. The van der Waals surface area contributed by atoms with Gasteiger partial charge in [0.15, 0.2) is 0 Å². The van der Waals surface area contributed by atoms with E-state index in [1.807, 2.05) is 36.4 Å². The van der Waals surface area contributed by atoms with Crippen molar-refractivity contribution in [2.24, 2.45) is 0 Å². The number of hydrogen-bond acceptors (Lipinski definition) is 3. The molecule has 1 heterocycles. The van der Waals surface area contributed by atoms with Crippen LogP contribution in [0.5, 0.6) is 5.75 Å². The van der Waals surface area contributed by atoms with Gasteiger partial charge in [0.25, 0.3) is 0 Å². The minimum Gasteiger partial charge on any atom is -0.482 e. The number of aryl methyl sites for hydroxylation is 1. The number of hydrogen-bond donors (Lipinski definition) is 1. The molecule has 1 N–H and O–H groups in total. The number of fused-ring (bicyclic) bond motifs is 1. The van der Waals surface area contributed by atoms with Crippen LogP contribution in [0.3, 0.4) is 0 Å². The molecular formula is C16H14N2O. The lowest BCUT2D eigenvalue weighted by Gasteiger charge is -2.28. The number of nitriles is 1. The van der Waals surface area contributed by atoms with Crippen molar-refractivity contribution in [3.63, 3.8) is 0 Å². The van der Waals surface area contributed by atoms with E-state index in [9.17, 15) is 0 Å². The smallest absolute Gasteiger partial charge is 0.143 e. The quantitative estimate of drug-likeness (QED) is 0.843. The number of rotatable bonds is 1. The van der Waals surface area contributed by atoms with E-state index in [1.165, 1.54) is 5.56 Å². The highest BCUT2D eigenvalue weighted by atomic mass is 16.5. The molecule has 2 aromatic rings. The molecule has 0 radical (unpaired) electrons. The van der Waals surface area contributed by atoms with Gasteiger partial charge in [0.05, 0.1) is 23.9 Å². The van der Waals surface area contributed by atoms with Crippen molar-refractivity contribution in [3.8, 4) is 11.8 Å². The van der Waals surface area contributed by atoms with E-state index in [0.29, 0.717) is 5.56 Å². The number of ether oxygens (including phenoxy) is 1. The van der Waals surface area contributed by atoms with E-state index in [2.05, 4.69) is 24.4 Å². The second-order valence-corrected chi connectivity index (χ2v) is 4.72. The maximum atomic E-state index is 8.80. The van der Waals surface area contributed by atoms with Gasteiger partial charge in [0, 0.05) is 0 Å². The van der Waals surface area contributed by atoms with Gasteiger partial charge in [-0.25, -0.2) is 0 Å². The van der Waals surface area contributed by atoms with Gasteiger partial charge >= 0.3 is 0 Å². The molecule has 0 fully saturated rings. The van der Waals surface area contributed by atoms with Gasteiger partial charge in [-0.15, -0.1) is 0 Å². The normalized spacial score (nSPS) is 16.7. The molecule has 1 aliphatic rings. The topological polar surface area (TPSA) is 45.0 Å². The standard InChI is InChI=1S/C16H14N2O/c1-11-2-7-15-14(8-11)18-10-16(19-15)13-5-3-12(9-17)4-6-13/h2-8,16,18H,10H2,1H3. The van der Waals surface area contributed by atoms with Crippen molar-refractivity contribution in [3.05, 3.63) is 59.2 Å². The monoisotopic (exact) mass is 250 g/mol. The Morgan fingerprint density at radius 3 is 2.74 bits per heavy atom. The van der Waals surface area contributed by atoms with Crippen molar-refractivity contribution < 1.29 is 4.74 Å². The van der Waals surface area contributed by atoms with E-state index in [0.717, 1.165) is 23.5 Å². The van der Waals surface area contributed by atoms with Gasteiger partial charge in [0.1, 0.15) is 11.9 Å². The summed E-state index contributed by atoms with van der Waals surface area (Å²) in [6.45, 7) is 2.80. The van der Waals surface area contributed by atoms with Crippen LogP contribution in [0.4, 0.5) is 5.69 Å². The Morgan fingerprint density at radius 2 is 2.00 bits per heavy atom. The predicted octanol–water partition coefficient (Wildman–Crippen LogP) is 3.41. The fourth-order valence-electron chi connectivity index (χ4n) is 2.24. The first-order chi connectivity index (χ1) is 9.26. The van der Waals surface area contributed by atoms with Crippen LogP contribution in [-0.4, -0.2) is 6.54 Å². The summed E-state index contributed by atoms with van der Waals surface area (Å²) < 4.78 is 6.00. The Labute approximate surface area is 112 Å². The summed E-state index contributed by atoms with van der Waals surface area (Å²) in [7, 11) is 0. The van der Waals surface area contributed by atoms with Gasteiger partial charge in [-0.1, -0.05) is 18.2 Å². The zero-order chi connectivity index (χ0) is 13.2. The molecule has 3 nitrogen and oxygen atoms in total. The molecule has 0 saturated carbocycles. The van der Waals surface area contributed by atoms with Crippen LogP contribution in [0.15, 0.2) is 42.5 Å². The lowest BCUT2D eigenvalue weighted by atomic mass is 10.1. The molecule has 0 aromatic heterocycles. The van der Waals surface area contributed by atoms with Crippen LogP contribution in [-0.2, 0) is 0 Å². The molecule has 94 valence electrons. The second-order valence-electron chi connectivity index (χ2n) is 4.72. The first-order valence-electron chi connectivity index (χ1n) is 6.27. The average molecular weight is 250 g/mol. The fourth-order valence-corrected chi connectivity index (χ4v) is 2.24. The van der Waals surface area contributed by atoms with Crippen molar-refractivity contribution in [1.29, 1.82) is 5.26 Å². The summed E-state index contributed by atoms with van der Waals surface area (Å²) in [6.07, 6.45) is -0.0112. The maximum Gasteiger partial charge on any atom is 0.143 e. The van der Waals surface area contributed by atoms with E-state index >= 15 is 0 Å². The fraction of sp³-hybridized carbons (Fsp3) is 0.188. The Hall–Kier alpha value is -2.47. The van der Waals surface area contributed by atoms with Gasteiger partial charge in [-0.2, -0.15) is 5.26 Å². The van der Waals surface area contributed by atoms with Crippen molar-refractivity contribution in [1.82, 2.24) is 0 Å². The summed E-state index contributed by atoms with van der Waals surface area (Å²) in [5, 5.41) is 12.2. The third-order valence-corrected chi connectivity index (χ3v) is 3.29. The molecule has 1 unspecified atom stereocenters. The minimum absolute atomic E-state index is 0.0112. The summed E-state index contributed by atoms with van der Waals surface area (Å²) in [6, 6.07) is 15.8. The second kappa shape index (κ2) is 4.66. The van der Waals surface area contributed by atoms with Crippen molar-refractivity contribution >= 4 is 5.69 Å². The summed E-state index contributed by atoms with van der Waals surface area (Å²) in [5.41, 5.74) is 4.01. The Morgan fingerprint density at radius 1 is 1.21 bits per heavy atom. The third-order valence-electron chi connectivity index (χ3n) is 3.29. The molecule has 3 heteroatoms.